The van der Waals surface area contributed by atoms with Gasteiger partial charge in [0, 0.05) is 11.5 Å². The molecular weight excluding hydrogens is 388 g/mol. The topological polar surface area (TPSA) is 60.9 Å². The SMILES string of the molecule is COc1cc(/C=C/C(=O)N(c2ccccc2)c2nc(C)cs2)cc(OC)c1OC. The van der Waals surface area contributed by atoms with Gasteiger partial charge in [0.05, 0.1) is 32.7 Å². The molecule has 3 aromatic rings. The number of ether oxygens (including phenoxy) is 3. The molecule has 0 N–H and O–H groups in total. The van der Waals surface area contributed by atoms with E-state index in [0.29, 0.717) is 22.4 Å². The Kier molecular flexibility index (Phi) is 6.51. The van der Waals surface area contributed by atoms with Gasteiger partial charge in [0.1, 0.15) is 0 Å². The van der Waals surface area contributed by atoms with Crippen molar-refractivity contribution in [3.05, 3.63) is 65.2 Å². The fraction of sp³-hybridized carbons (Fsp3) is 0.182. The van der Waals surface area contributed by atoms with Crippen LogP contribution in [0.5, 0.6) is 17.2 Å². The number of methoxy groups -OCH3 is 3. The quantitative estimate of drug-likeness (QED) is 0.521. The zero-order valence-corrected chi connectivity index (χ0v) is 17.5. The minimum absolute atomic E-state index is 0.209. The molecule has 0 saturated carbocycles. The van der Waals surface area contributed by atoms with Gasteiger partial charge in [-0.05, 0) is 42.8 Å². The average Bonchev–Trinajstić information content (AvgIpc) is 3.17. The van der Waals surface area contributed by atoms with Crippen LogP contribution in [0.1, 0.15) is 11.3 Å². The van der Waals surface area contributed by atoms with Gasteiger partial charge in [-0.2, -0.15) is 0 Å². The molecule has 0 saturated heterocycles. The highest BCUT2D eigenvalue weighted by atomic mass is 32.1. The number of nitrogens with zero attached hydrogens (tertiary/aromatic N) is 2. The molecule has 1 amide bonds. The number of hydrogen-bond donors (Lipinski definition) is 0. The smallest absolute Gasteiger partial charge is 0.257 e. The Bertz CT molecular complexity index is 990. The van der Waals surface area contributed by atoms with E-state index in [1.54, 1.807) is 44.4 Å². The van der Waals surface area contributed by atoms with E-state index in [1.807, 2.05) is 42.6 Å². The molecule has 0 aliphatic heterocycles. The summed E-state index contributed by atoms with van der Waals surface area (Å²) in [7, 11) is 4.66. The molecular formula is C22H22N2O4S. The predicted octanol–water partition coefficient (Wildman–Crippen LogP) is 4.86. The van der Waals surface area contributed by atoms with Crippen LogP contribution in [0.2, 0.25) is 0 Å². The summed E-state index contributed by atoms with van der Waals surface area (Å²) in [5.74, 6) is 1.34. The zero-order chi connectivity index (χ0) is 20.8. The zero-order valence-electron chi connectivity index (χ0n) is 16.7. The van der Waals surface area contributed by atoms with E-state index in [-0.39, 0.29) is 5.91 Å². The van der Waals surface area contributed by atoms with Crippen LogP contribution in [0.25, 0.3) is 6.08 Å². The highest BCUT2D eigenvalue weighted by Crippen LogP contribution is 2.38. The summed E-state index contributed by atoms with van der Waals surface area (Å²) in [6.45, 7) is 1.90. The summed E-state index contributed by atoms with van der Waals surface area (Å²) in [6.07, 6.45) is 3.22. The molecule has 0 aliphatic carbocycles. The molecule has 0 fully saturated rings. The van der Waals surface area contributed by atoms with Crippen molar-refractivity contribution in [1.29, 1.82) is 0 Å². The van der Waals surface area contributed by atoms with Gasteiger partial charge < -0.3 is 14.2 Å². The lowest BCUT2D eigenvalue weighted by Gasteiger charge is -2.18. The lowest BCUT2D eigenvalue weighted by molar-refractivity contribution is -0.113. The maximum Gasteiger partial charge on any atom is 0.257 e. The number of carbonyl (C=O) groups excluding carboxylic acids is 1. The van der Waals surface area contributed by atoms with Gasteiger partial charge in [-0.25, -0.2) is 4.98 Å². The Morgan fingerprint density at radius 3 is 2.21 bits per heavy atom. The van der Waals surface area contributed by atoms with Gasteiger partial charge in [-0.15, -0.1) is 11.3 Å². The summed E-state index contributed by atoms with van der Waals surface area (Å²) >= 11 is 1.42. The average molecular weight is 410 g/mol. The number of aromatic nitrogens is 1. The summed E-state index contributed by atoms with van der Waals surface area (Å²) in [5, 5.41) is 2.54. The van der Waals surface area contributed by atoms with Crippen LogP contribution in [-0.2, 0) is 4.79 Å². The van der Waals surface area contributed by atoms with Crippen LogP contribution in [0, 0.1) is 6.92 Å². The second kappa shape index (κ2) is 9.25. The number of amides is 1. The number of benzene rings is 2. The van der Waals surface area contributed by atoms with E-state index < -0.39 is 0 Å². The molecule has 0 spiro atoms. The predicted molar refractivity (Wildman–Crippen MR) is 116 cm³/mol. The minimum atomic E-state index is -0.209. The fourth-order valence-corrected chi connectivity index (χ4v) is 3.62. The second-order valence-electron chi connectivity index (χ2n) is 6.07. The Labute approximate surface area is 174 Å². The van der Waals surface area contributed by atoms with Crippen molar-refractivity contribution < 1.29 is 19.0 Å². The number of para-hydroxylation sites is 1. The fourth-order valence-electron chi connectivity index (χ4n) is 2.79. The maximum absolute atomic E-state index is 13.1. The lowest BCUT2D eigenvalue weighted by Crippen LogP contribution is -2.23. The molecule has 150 valence electrons. The largest absolute Gasteiger partial charge is 0.493 e. The van der Waals surface area contributed by atoms with Crippen LogP contribution in [0.15, 0.2) is 53.9 Å². The Hall–Kier alpha value is -3.32. The number of carbonyl (C=O) groups is 1. The molecule has 7 heteroatoms. The molecule has 3 rings (SSSR count). The number of rotatable bonds is 7. The summed E-state index contributed by atoms with van der Waals surface area (Å²) in [4.78, 5) is 19.1. The van der Waals surface area contributed by atoms with E-state index >= 15 is 0 Å². The van der Waals surface area contributed by atoms with E-state index in [9.17, 15) is 4.79 Å². The van der Waals surface area contributed by atoms with Crippen molar-refractivity contribution in [1.82, 2.24) is 4.98 Å². The van der Waals surface area contributed by atoms with Crippen molar-refractivity contribution in [3.8, 4) is 17.2 Å². The number of thiazole rings is 1. The van der Waals surface area contributed by atoms with Crippen molar-refractivity contribution >= 4 is 34.1 Å². The highest BCUT2D eigenvalue weighted by Gasteiger charge is 2.19. The van der Waals surface area contributed by atoms with E-state index in [1.165, 1.54) is 17.4 Å². The first-order valence-electron chi connectivity index (χ1n) is 8.86. The van der Waals surface area contributed by atoms with Gasteiger partial charge in [-0.3, -0.25) is 9.69 Å². The van der Waals surface area contributed by atoms with E-state index in [4.69, 9.17) is 14.2 Å². The van der Waals surface area contributed by atoms with Crippen LogP contribution in [-0.4, -0.2) is 32.2 Å². The molecule has 0 unspecified atom stereocenters. The van der Waals surface area contributed by atoms with Crippen LogP contribution in [0.4, 0.5) is 10.8 Å². The van der Waals surface area contributed by atoms with Gasteiger partial charge in [-0.1, -0.05) is 18.2 Å². The molecule has 1 aromatic heterocycles. The maximum atomic E-state index is 13.1. The van der Waals surface area contributed by atoms with Crippen molar-refractivity contribution in [2.45, 2.75) is 6.92 Å². The van der Waals surface area contributed by atoms with Gasteiger partial charge in [0.25, 0.3) is 5.91 Å². The highest BCUT2D eigenvalue weighted by molar-refractivity contribution is 7.14. The Morgan fingerprint density at radius 2 is 1.69 bits per heavy atom. The van der Waals surface area contributed by atoms with Gasteiger partial charge in [0.15, 0.2) is 16.6 Å². The number of hydrogen-bond acceptors (Lipinski definition) is 6. The third-order valence-corrected chi connectivity index (χ3v) is 5.08. The molecule has 1 heterocycles. The van der Waals surface area contributed by atoms with Crippen molar-refractivity contribution in [2.24, 2.45) is 0 Å². The van der Waals surface area contributed by atoms with Crippen molar-refractivity contribution in [2.75, 3.05) is 26.2 Å². The molecule has 0 atom stereocenters. The van der Waals surface area contributed by atoms with Crippen LogP contribution < -0.4 is 19.1 Å². The lowest BCUT2D eigenvalue weighted by atomic mass is 10.1. The molecule has 2 aromatic carbocycles. The monoisotopic (exact) mass is 410 g/mol. The number of anilines is 2. The second-order valence-corrected chi connectivity index (χ2v) is 6.91. The van der Waals surface area contributed by atoms with Crippen LogP contribution in [0.3, 0.4) is 0 Å². The normalized spacial score (nSPS) is 10.8. The molecule has 29 heavy (non-hydrogen) atoms. The first-order chi connectivity index (χ1) is 14.1. The summed E-state index contributed by atoms with van der Waals surface area (Å²) in [5.41, 5.74) is 2.37. The molecule has 0 bridgehead atoms. The molecule has 6 nitrogen and oxygen atoms in total. The third kappa shape index (κ3) is 4.57. The minimum Gasteiger partial charge on any atom is -0.493 e. The summed E-state index contributed by atoms with van der Waals surface area (Å²) < 4.78 is 16.1. The summed E-state index contributed by atoms with van der Waals surface area (Å²) in [6, 6.07) is 13.0. The Balaban J connectivity index is 1.95. The Morgan fingerprint density at radius 1 is 1.03 bits per heavy atom. The standard InChI is InChI=1S/C22H22N2O4S/c1-15-14-29-22(23-15)24(17-8-6-5-7-9-17)20(25)11-10-16-12-18(26-2)21(28-4)19(13-16)27-3/h5-14H,1-4H3/b11-10+. The number of aryl methyl sites for hydroxylation is 1. The van der Waals surface area contributed by atoms with Gasteiger partial charge >= 0.3 is 0 Å². The van der Waals surface area contributed by atoms with Crippen molar-refractivity contribution in [3.63, 3.8) is 0 Å². The third-order valence-electron chi connectivity index (χ3n) is 4.14. The molecule has 0 radical (unpaired) electrons. The van der Waals surface area contributed by atoms with Crippen LogP contribution >= 0.6 is 11.3 Å². The molecule has 0 aliphatic rings. The van der Waals surface area contributed by atoms with E-state index in [0.717, 1.165) is 16.9 Å². The van der Waals surface area contributed by atoms with E-state index in [2.05, 4.69) is 4.98 Å². The van der Waals surface area contributed by atoms with Gasteiger partial charge in [0.2, 0.25) is 5.75 Å². The first-order valence-corrected chi connectivity index (χ1v) is 9.74. The first kappa shape index (κ1) is 20.4.